The Hall–Kier alpha value is -0.810. The SMILES string of the molecule is CC1CCCC(CNC(=O)c2cc(Br)c[nH]2)(N(C)C)C1. The van der Waals surface area contributed by atoms with Gasteiger partial charge in [0.1, 0.15) is 5.69 Å². The molecule has 1 aliphatic carbocycles. The van der Waals surface area contributed by atoms with E-state index in [1.807, 2.05) is 0 Å². The molecule has 1 aromatic heterocycles. The largest absolute Gasteiger partial charge is 0.356 e. The first-order valence-corrected chi connectivity index (χ1v) is 8.02. The molecule has 2 rings (SSSR count). The van der Waals surface area contributed by atoms with E-state index in [-0.39, 0.29) is 11.4 Å². The number of aromatic nitrogens is 1. The van der Waals surface area contributed by atoms with E-state index in [1.54, 1.807) is 12.3 Å². The van der Waals surface area contributed by atoms with Gasteiger partial charge in [0, 0.05) is 22.8 Å². The van der Waals surface area contributed by atoms with Crippen molar-refractivity contribution in [2.45, 2.75) is 38.1 Å². The van der Waals surface area contributed by atoms with Crippen molar-refractivity contribution in [1.29, 1.82) is 0 Å². The Morgan fingerprint density at radius 3 is 2.90 bits per heavy atom. The summed E-state index contributed by atoms with van der Waals surface area (Å²) in [4.78, 5) is 17.4. The topological polar surface area (TPSA) is 48.1 Å². The van der Waals surface area contributed by atoms with E-state index in [9.17, 15) is 4.79 Å². The van der Waals surface area contributed by atoms with Gasteiger partial charge in [0.15, 0.2) is 0 Å². The first-order chi connectivity index (χ1) is 9.43. The van der Waals surface area contributed by atoms with Gasteiger partial charge in [0.05, 0.1) is 0 Å². The third-order valence-corrected chi connectivity index (χ3v) is 4.94. The number of likely N-dealkylation sites (N-methyl/N-ethyl adjacent to an activating group) is 1. The van der Waals surface area contributed by atoms with Crippen molar-refractivity contribution in [3.8, 4) is 0 Å². The number of hydrogen-bond acceptors (Lipinski definition) is 2. The van der Waals surface area contributed by atoms with E-state index in [4.69, 9.17) is 0 Å². The second-order valence-corrected chi connectivity index (χ2v) is 7.15. The minimum Gasteiger partial charge on any atom is -0.356 e. The van der Waals surface area contributed by atoms with Gasteiger partial charge in [-0.05, 0) is 54.9 Å². The molecule has 0 aliphatic heterocycles. The smallest absolute Gasteiger partial charge is 0.267 e. The van der Waals surface area contributed by atoms with Gasteiger partial charge in [0.25, 0.3) is 5.91 Å². The Bertz CT molecular complexity index is 471. The van der Waals surface area contributed by atoms with Gasteiger partial charge in [-0.25, -0.2) is 0 Å². The molecule has 1 fully saturated rings. The molecule has 1 amide bonds. The first-order valence-electron chi connectivity index (χ1n) is 7.22. The molecule has 112 valence electrons. The molecule has 2 atom stereocenters. The Morgan fingerprint density at radius 1 is 1.60 bits per heavy atom. The average Bonchev–Trinajstić information content (AvgIpc) is 2.82. The van der Waals surface area contributed by atoms with Crippen LogP contribution < -0.4 is 5.32 Å². The quantitative estimate of drug-likeness (QED) is 0.884. The number of H-pyrrole nitrogens is 1. The highest BCUT2D eigenvalue weighted by atomic mass is 79.9. The molecule has 1 heterocycles. The number of nitrogens with one attached hydrogen (secondary N) is 2. The molecule has 0 saturated heterocycles. The second-order valence-electron chi connectivity index (χ2n) is 6.23. The molecule has 2 N–H and O–H groups in total. The molecule has 0 spiro atoms. The number of hydrogen-bond donors (Lipinski definition) is 2. The third-order valence-electron chi connectivity index (χ3n) is 4.49. The number of carbonyl (C=O) groups excluding carboxylic acids is 1. The van der Waals surface area contributed by atoms with E-state index < -0.39 is 0 Å². The summed E-state index contributed by atoms with van der Waals surface area (Å²) in [6, 6.07) is 1.81. The van der Waals surface area contributed by atoms with Gasteiger partial charge in [-0.1, -0.05) is 19.8 Å². The summed E-state index contributed by atoms with van der Waals surface area (Å²) >= 11 is 3.35. The maximum atomic E-state index is 12.2. The lowest BCUT2D eigenvalue weighted by Gasteiger charge is -2.45. The van der Waals surface area contributed by atoms with Crippen molar-refractivity contribution in [2.75, 3.05) is 20.6 Å². The lowest BCUT2D eigenvalue weighted by Crippen LogP contribution is -2.55. The highest BCUT2D eigenvalue weighted by molar-refractivity contribution is 9.10. The first kappa shape index (κ1) is 15.6. The van der Waals surface area contributed by atoms with Crippen LogP contribution in [0.25, 0.3) is 0 Å². The lowest BCUT2D eigenvalue weighted by molar-refractivity contribution is 0.0673. The van der Waals surface area contributed by atoms with Crippen LogP contribution in [0.3, 0.4) is 0 Å². The van der Waals surface area contributed by atoms with Crippen molar-refractivity contribution in [3.63, 3.8) is 0 Å². The number of rotatable bonds is 4. The molecule has 20 heavy (non-hydrogen) atoms. The summed E-state index contributed by atoms with van der Waals surface area (Å²) in [5, 5.41) is 3.09. The Labute approximate surface area is 129 Å². The maximum Gasteiger partial charge on any atom is 0.267 e. The van der Waals surface area contributed by atoms with E-state index in [0.717, 1.165) is 23.2 Å². The summed E-state index contributed by atoms with van der Waals surface area (Å²) in [5.41, 5.74) is 0.701. The van der Waals surface area contributed by atoms with Gasteiger partial charge in [-0.2, -0.15) is 0 Å². The number of carbonyl (C=O) groups is 1. The van der Waals surface area contributed by atoms with Crippen LogP contribution in [0, 0.1) is 5.92 Å². The lowest BCUT2D eigenvalue weighted by atomic mass is 9.75. The number of halogens is 1. The van der Waals surface area contributed by atoms with Crippen LogP contribution in [0.5, 0.6) is 0 Å². The fourth-order valence-corrected chi connectivity index (χ4v) is 3.54. The van der Waals surface area contributed by atoms with E-state index in [2.05, 4.69) is 52.1 Å². The van der Waals surface area contributed by atoms with Crippen molar-refractivity contribution >= 4 is 21.8 Å². The zero-order valence-corrected chi connectivity index (χ0v) is 14.1. The Balaban J connectivity index is 2.00. The number of nitrogens with zero attached hydrogens (tertiary/aromatic N) is 1. The van der Waals surface area contributed by atoms with Gasteiger partial charge in [-0.3, -0.25) is 4.79 Å². The van der Waals surface area contributed by atoms with E-state index in [0.29, 0.717) is 12.2 Å². The number of aromatic amines is 1. The molecule has 0 radical (unpaired) electrons. The predicted molar refractivity (Wildman–Crippen MR) is 84.9 cm³/mol. The van der Waals surface area contributed by atoms with Crippen LogP contribution in [0.1, 0.15) is 43.1 Å². The highest BCUT2D eigenvalue weighted by Gasteiger charge is 2.37. The van der Waals surface area contributed by atoms with Gasteiger partial charge >= 0.3 is 0 Å². The van der Waals surface area contributed by atoms with Crippen molar-refractivity contribution in [1.82, 2.24) is 15.2 Å². The van der Waals surface area contributed by atoms with Crippen molar-refractivity contribution < 1.29 is 4.79 Å². The molecule has 1 aliphatic rings. The normalized spacial score (nSPS) is 26.8. The van der Waals surface area contributed by atoms with Gasteiger partial charge < -0.3 is 15.2 Å². The fourth-order valence-electron chi connectivity index (χ4n) is 3.20. The fraction of sp³-hybridized carbons (Fsp3) is 0.667. The molecule has 1 saturated carbocycles. The molecule has 0 aromatic carbocycles. The number of amides is 1. The van der Waals surface area contributed by atoms with Crippen LogP contribution in [0.2, 0.25) is 0 Å². The molecule has 2 unspecified atom stereocenters. The average molecular weight is 342 g/mol. The van der Waals surface area contributed by atoms with Crippen molar-refractivity contribution in [2.24, 2.45) is 5.92 Å². The Morgan fingerprint density at radius 2 is 2.35 bits per heavy atom. The maximum absolute atomic E-state index is 12.2. The summed E-state index contributed by atoms with van der Waals surface area (Å²) in [6.07, 6.45) is 6.61. The molecular formula is C15H24BrN3O. The third kappa shape index (κ3) is 3.44. The van der Waals surface area contributed by atoms with Gasteiger partial charge in [0.2, 0.25) is 0 Å². The zero-order chi connectivity index (χ0) is 14.8. The van der Waals surface area contributed by atoms with Gasteiger partial charge in [-0.15, -0.1) is 0 Å². The summed E-state index contributed by atoms with van der Waals surface area (Å²) < 4.78 is 0.899. The van der Waals surface area contributed by atoms with Crippen LogP contribution in [-0.4, -0.2) is 42.0 Å². The standard InChI is InChI=1S/C15H24BrN3O/c1-11-5-4-6-15(8-11,19(2)3)10-18-14(20)13-7-12(16)9-17-13/h7,9,11,17H,4-6,8,10H2,1-3H3,(H,18,20). The van der Waals surface area contributed by atoms with Crippen LogP contribution >= 0.6 is 15.9 Å². The Kier molecular flexibility index (Phi) is 4.91. The van der Waals surface area contributed by atoms with Crippen molar-refractivity contribution in [3.05, 3.63) is 22.4 Å². The summed E-state index contributed by atoms with van der Waals surface area (Å²) in [5.74, 6) is 0.692. The minimum atomic E-state index is -0.0323. The van der Waals surface area contributed by atoms with E-state index in [1.165, 1.54) is 12.8 Å². The zero-order valence-electron chi connectivity index (χ0n) is 12.5. The predicted octanol–water partition coefficient (Wildman–Crippen LogP) is 3.02. The molecule has 5 heteroatoms. The van der Waals surface area contributed by atoms with Crippen LogP contribution in [0.15, 0.2) is 16.7 Å². The molecule has 0 bridgehead atoms. The highest BCUT2D eigenvalue weighted by Crippen LogP contribution is 2.35. The monoisotopic (exact) mass is 341 g/mol. The van der Waals surface area contributed by atoms with Crippen LogP contribution in [-0.2, 0) is 0 Å². The molecular weight excluding hydrogens is 318 g/mol. The minimum absolute atomic E-state index is 0.0323. The van der Waals surface area contributed by atoms with E-state index >= 15 is 0 Å². The summed E-state index contributed by atoms with van der Waals surface area (Å²) in [6.45, 7) is 3.02. The summed E-state index contributed by atoms with van der Waals surface area (Å²) in [7, 11) is 4.24. The van der Waals surface area contributed by atoms with Crippen LogP contribution in [0.4, 0.5) is 0 Å². The molecule has 1 aromatic rings. The second kappa shape index (κ2) is 6.31. The molecule has 4 nitrogen and oxygen atoms in total.